The van der Waals surface area contributed by atoms with Gasteiger partial charge in [-0.05, 0) is 18.2 Å². The minimum Gasteiger partial charge on any atom is -0.399 e. The fourth-order valence-electron chi connectivity index (χ4n) is 1.10. The number of hydrogen-bond donors (Lipinski definition) is 3. The van der Waals surface area contributed by atoms with E-state index in [-0.39, 0.29) is 15.6 Å². The zero-order valence-electron chi connectivity index (χ0n) is 8.98. The second-order valence-corrected chi connectivity index (χ2v) is 5.59. The van der Waals surface area contributed by atoms with Gasteiger partial charge in [-0.3, -0.25) is 0 Å². The summed E-state index contributed by atoms with van der Waals surface area (Å²) in [4.78, 5) is -0.292. The summed E-state index contributed by atoms with van der Waals surface area (Å²) in [6.45, 7) is -0.805. The van der Waals surface area contributed by atoms with E-state index in [9.17, 15) is 17.2 Å². The zero-order chi connectivity index (χ0) is 13.9. The molecule has 0 saturated heterocycles. The molecule has 1 aromatic carbocycles. The average Bonchev–Trinajstić information content (AvgIpc) is 2.25. The van der Waals surface area contributed by atoms with Gasteiger partial charge in [0.15, 0.2) is 0 Å². The maximum Gasteiger partial charge on any atom is 0.265 e. The van der Waals surface area contributed by atoms with Crippen LogP contribution in [0.1, 0.15) is 0 Å². The summed E-state index contributed by atoms with van der Waals surface area (Å²) in [5.74, 6) is 0. The molecule has 18 heavy (non-hydrogen) atoms. The summed E-state index contributed by atoms with van der Waals surface area (Å²) in [6, 6.07) is 3.68. The largest absolute Gasteiger partial charge is 0.399 e. The second kappa shape index (κ2) is 5.79. The molecule has 0 aliphatic heterocycles. The van der Waals surface area contributed by atoms with Gasteiger partial charge in [0.2, 0.25) is 10.0 Å². The summed E-state index contributed by atoms with van der Waals surface area (Å²) < 4.78 is 49.3. The van der Waals surface area contributed by atoms with E-state index in [2.05, 4.69) is 0 Å². The molecule has 4 N–H and O–H groups in total. The van der Waals surface area contributed by atoms with E-state index in [0.717, 1.165) is 6.07 Å². The van der Waals surface area contributed by atoms with Crippen LogP contribution in [0.15, 0.2) is 23.1 Å². The highest BCUT2D eigenvalue weighted by Gasteiger charge is 2.22. The SMILES string of the molecule is Nc1ccc(S(=O)(=O)NCC(O)C(F)F)c(Cl)c1. The summed E-state index contributed by atoms with van der Waals surface area (Å²) in [6.07, 6.45) is -5.11. The van der Waals surface area contributed by atoms with E-state index in [1.54, 1.807) is 0 Å². The Bertz CT molecular complexity index is 525. The molecular formula is C9H11ClF2N2O3S. The number of sulfonamides is 1. The van der Waals surface area contributed by atoms with E-state index in [4.69, 9.17) is 22.4 Å². The van der Waals surface area contributed by atoms with E-state index >= 15 is 0 Å². The molecule has 0 aromatic heterocycles. The van der Waals surface area contributed by atoms with E-state index in [1.165, 1.54) is 12.1 Å². The highest BCUT2D eigenvalue weighted by atomic mass is 35.5. The number of aliphatic hydroxyl groups is 1. The number of anilines is 1. The first-order valence-corrected chi connectivity index (χ1v) is 6.61. The lowest BCUT2D eigenvalue weighted by Crippen LogP contribution is -2.35. The van der Waals surface area contributed by atoms with Crippen molar-refractivity contribution in [2.75, 3.05) is 12.3 Å². The number of benzene rings is 1. The van der Waals surface area contributed by atoms with E-state index in [0.29, 0.717) is 0 Å². The highest BCUT2D eigenvalue weighted by molar-refractivity contribution is 7.89. The normalized spacial score (nSPS) is 13.8. The van der Waals surface area contributed by atoms with Gasteiger partial charge in [0.05, 0.1) is 5.02 Å². The zero-order valence-corrected chi connectivity index (χ0v) is 10.5. The lowest BCUT2D eigenvalue weighted by molar-refractivity contribution is -0.000451. The van der Waals surface area contributed by atoms with E-state index in [1.807, 2.05) is 4.72 Å². The molecule has 0 spiro atoms. The van der Waals surface area contributed by atoms with Crippen LogP contribution in [0.5, 0.6) is 0 Å². The van der Waals surface area contributed by atoms with Crippen molar-refractivity contribution in [3.63, 3.8) is 0 Å². The van der Waals surface area contributed by atoms with Crippen LogP contribution >= 0.6 is 11.6 Å². The van der Waals surface area contributed by atoms with Gasteiger partial charge in [-0.2, -0.15) is 0 Å². The first kappa shape index (κ1) is 15.1. The van der Waals surface area contributed by atoms with Crippen LogP contribution in [0.25, 0.3) is 0 Å². The number of halogens is 3. The first-order chi connectivity index (χ1) is 8.24. The standard InChI is InChI=1S/C9H11ClF2N2O3S/c10-6-3-5(13)1-2-8(6)18(16,17)14-4-7(15)9(11)12/h1-3,7,9,14-15H,4,13H2. The molecule has 102 valence electrons. The topological polar surface area (TPSA) is 92.4 Å². The average molecular weight is 301 g/mol. The summed E-state index contributed by atoms with van der Waals surface area (Å²) in [7, 11) is -4.07. The maximum absolute atomic E-state index is 12.0. The Morgan fingerprint density at radius 1 is 1.44 bits per heavy atom. The van der Waals surface area contributed by atoms with Crippen molar-refractivity contribution < 1.29 is 22.3 Å². The lowest BCUT2D eigenvalue weighted by Gasteiger charge is -2.12. The Morgan fingerprint density at radius 3 is 2.56 bits per heavy atom. The fraction of sp³-hybridized carbons (Fsp3) is 0.333. The summed E-state index contributed by atoms with van der Waals surface area (Å²) >= 11 is 5.68. The van der Waals surface area contributed by atoms with Crippen LogP contribution in [-0.2, 0) is 10.0 Å². The molecule has 0 amide bonds. The number of nitrogens with two attached hydrogens (primary N) is 1. The molecule has 5 nitrogen and oxygen atoms in total. The monoisotopic (exact) mass is 300 g/mol. The molecule has 0 radical (unpaired) electrons. The van der Waals surface area contributed by atoms with Crippen molar-refractivity contribution >= 4 is 27.3 Å². The minimum absolute atomic E-state index is 0.131. The molecule has 1 atom stereocenters. The molecule has 0 heterocycles. The number of hydrogen-bond acceptors (Lipinski definition) is 4. The molecule has 9 heteroatoms. The quantitative estimate of drug-likeness (QED) is 0.702. The third kappa shape index (κ3) is 3.77. The van der Waals surface area contributed by atoms with Crippen molar-refractivity contribution in [2.24, 2.45) is 0 Å². The molecule has 1 rings (SSSR count). The highest BCUT2D eigenvalue weighted by Crippen LogP contribution is 2.23. The van der Waals surface area contributed by atoms with Crippen molar-refractivity contribution in [3.05, 3.63) is 23.2 Å². The van der Waals surface area contributed by atoms with Gasteiger partial charge in [-0.1, -0.05) is 11.6 Å². The van der Waals surface area contributed by atoms with Crippen LogP contribution in [0, 0.1) is 0 Å². The Morgan fingerprint density at radius 2 is 2.06 bits per heavy atom. The molecular weight excluding hydrogens is 290 g/mol. The number of alkyl halides is 2. The van der Waals surface area contributed by atoms with Crippen molar-refractivity contribution in [2.45, 2.75) is 17.4 Å². The molecule has 0 aliphatic carbocycles. The second-order valence-electron chi connectivity index (χ2n) is 3.44. The van der Waals surface area contributed by atoms with Gasteiger partial charge in [0.1, 0.15) is 11.0 Å². The van der Waals surface area contributed by atoms with Crippen LogP contribution in [-0.4, -0.2) is 32.6 Å². The van der Waals surface area contributed by atoms with Crippen molar-refractivity contribution in [1.29, 1.82) is 0 Å². The van der Waals surface area contributed by atoms with Crippen LogP contribution in [0.2, 0.25) is 5.02 Å². The Labute approximate surface area is 108 Å². The molecule has 1 unspecified atom stereocenters. The van der Waals surface area contributed by atoms with Gasteiger partial charge in [-0.25, -0.2) is 21.9 Å². The van der Waals surface area contributed by atoms with Crippen LogP contribution in [0.4, 0.5) is 14.5 Å². The number of rotatable bonds is 5. The van der Waals surface area contributed by atoms with Gasteiger partial charge < -0.3 is 10.8 Å². The van der Waals surface area contributed by atoms with Crippen LogP contribution in [0.3, 0.4) is 0 Å². The Kier molecular flexibility index (Phi) is 4.85. The first-order valence-electron chi connectivity index (χ1n) is 4.75. The fourth-order valence-corrected chi connectivity index (χ4v) is 2.70. The van der Waals surface area contributed by atoms with Gasteiger partial charge in [0, 0.05) is 12.2 Å². The Balaban J connectivity index is 2.87. The third-order valence-corrected chi connectivity index (χ3v) is 3.93. The Hall–Kier alpha value is -0.960. The number of nitrogen functional groups attached to an aromatic ring is 1. The third-order valence-electron chi connectivity index (χ3n) is 2.02. The number of aliphatic hydroxyl groups excluding tert-OH is 1. The summed E-state index contributed by atoms with van der Waals surface area (Å²) in [5.41, 5.74) is 5.66. The molecule has 0 bridgehead atoms. The predicted molar refractivity (Wildman–Crippen MR) is 63.1 cm³/mol. The van der Waals surface area contributed by atoms with Gasteiger partial charge in [-0.15, -0.1) is 0 Å². The predicted octanol–water partition coefficient (Wildman–Crippen LogP) is 0.826. The molecule has 0 aliphatic rings. The smallest absolute Gasteiger partial charge is 0.265 e. The van der Waals surface area contributed by atoms with Crippen LogP contribution < -0.4 is 10.5 Å². The van der Waals surface area contributed by atoms with Gasteiger partial charge in [0.25, 0.3) is 6.43 Å². The lowest BCUT2D eigenvalue weighted by atomic mass is 10.3. The van der Waals surface area contributed by atoms with E-state index < -0.39 is 29.1 Å². The molecule has 1 aromatic rings. The number of nitrogens with one attached hydrogen (secondary N) is 1. The van der Waals surface area contributed by atoms with Crippen molar-refractivity contribution in [3.8, 4) is 0 Å². The van der Waals surface area contributed by atoms with Gasteiger partial charge >= 0.3 is 0 Å². The molecule has 0 fully saturated rings. The van der Waals surface area contributed by atoms with Crippen molar-refractivity contribution in [1.82, 2.24) is 4.72 Å². The summed E-state index contributed by atoms with van der Waals surface area (Å²) in [5, 5.41) is 8.69. The molecule has 0 saturated carbocycles. The maximum atomic E-state index is 12.0. The minimum atomic E-state index is -4.07.